The number of hydrogen-bond acceptors (Lipinski definition) is 10. The van der Waals surface area contributed by atoms with Gasteiger partial charge in [0.1, 0.15) is 12.4 Å². The van der Waals surface area contributed by atoms with Crippen LogP contribution in [-0.2, 0) is 25.6 Å². The first-order valence-corrected chi connectivity index (χ1v) is 12.5. The number of nitrogens with one attached hydrogen (secondary N) is 1. The Balaban J connectivity index is 1.66. The van der Waals surface area contributed by atoms with Crippen molar-refractivity contribution >= 4 is 28.8 Å². The lowest BCUT2D eigenvalue weighted by atomic mass is 9.93. The van der Waals surface area contributed by atoms with Crippen molar-refractivity contribution in [3.05, 3.63) is 70.3 Å². The molecular formula is C26H29N3O7S. The normalized spacial score (nSPS) is 16.6. The number of allylic oxidation sites excluding steroid dienone is 1. The third-order valence-corrected chi connectivity index (χ3v) is 6.73. The zero-order chi connectivity index (χ0) is 26.4. The van der Waals surface area contributed by atoms with Gasteiger partial charge in [0.25, 0.3) is 0 Å². The lowest BCUT2D eigenvalue weighted by Crippen LogP contribution is -2.38. The molecule has 196 valence electrons. The van der Waals surface area contributed by atoms with E-state index in [1.54, 1.807) is 45.6 Å². The Labute approximate surface area is 219 Å². The molecule has 1 amide bonds. The molecule has 1 N–H and O–H groups in total. The van der Waals surface area contributed by atoms with Crippen molar-refractivity contribution in [2.24, 2.45) is 4.99 Å². The highest BCUT2D eigenvalue weighted by atomic mass is 32.2. The van der Waals surface area contributed by atoms with Crippen molar-refractivity contribution < 1.29 is 33.0 Å². The lowest BCUT2D eigenvalue weighted by Gasteiger charge is -2.36. The summed E-state index contributed by atoms with van der Waals surface area (Å²) in [6.45, 7) is 2.43. The summed E-state index contributed by atoms with van der Waals surface area (Å²) in [4.78, 5) is 32.7. The summed E-state index contributed by atoms with van der Waals surface area (Å²) in [7, 11) is 4.65. The Morgan fingerprint density at radius 1 is 1.14 bits per heavy atom. The van der Waals surface area contributed by atoms with Crippen molar-refractivity contribution in [3.8, 4) is 11.5 Å². The molecule has 1 aromatic carbocycles. The number of ether oxygens (including phenoxy) is 4. The van der Waals surface area contributed by atoms with Crippen molar-refractivity contribution in [1.29, 1.82) is 0 Å². The molecule has 0 bridgehead atoms. The van der Waals surface area contributed by atoms with Gasteiger partial charge in [0.05, 0.1) is 57.4 Å². The number of esters is 1. The van der Waals surface area contributed by atoms with Crippen LogP contribution in [0.25, 0.3) is 0 Å². The minimum absolute atomic E-state index is 0.0849. The number of fused-ring (bicyclic) bond motifs is 1. The average molecular weight is 528 g/mol. The van der Waals surface area contributed by atoms with Crippen LogP contribution in [-0.4, -0.2) is 56.5 Å². The molecule has 0 fully saturated rings. The lowest BCUT2D eigenvalue weighted by molar-refractivity contribution is -0.141. The molecule has 0 aliphatic carbocycles. The largest absolute Gasteiger partial charge is 0.493 e. The Morgan fingerprint density at radius 3 is 2.65 bits per heavy atom. The monoisotopic (exact) mass is 527 g/mol. The van der Waals surface area contributed by atoms with Crippen molar-refractivity contribution in [3.63, 3.8) is 0 Å². The van der Waals surface area contributed by atoms with Crippen molar-refractivity contribution in [2.45, 2.75) is 25.9 Å². The number of benzene rings is 1. The fourth-order valence-corrected chi connectivity index (χ4v) is 5.05. The molecule has 4 rings (SSSR count). The number of carbonyl (C=O) groups excluding carboxylic acids is 2. The molecule has 1 atom stereocenters. The summed E-state index contributed by atoms with van der Waals surface area (Å²) in [5.41, 5.74) is 2.37. The second-order valence-corrected chi connectivity index (χ2v) is 9.01. The van der Waals surface area contributed by atoms with Crippen LogP contribution in [0, 0.1) is 0 Å². The van der Waals surface area contributed by atoms with Crippen molar-refractivity contribution in [2.75, 3.05) is 34.5 Å². The maximum absolute atomic E-state index is 13.3. The van der Waals surface area contributed by atoms with E-state index in [-0.39, 0.29) is 32.1 Å². The number of carbonyl (C=O) groups is 2. The van der Waals surface area contributed by atoms with Crippen LogP contribution in [0.15, 0.2) is 68.4 Å². The van der Waals surface area contributed by atoms with E-state index >= 15 is 0 Å². The number of hydrogen-bond donors (Lipinski definition) is 1. The first-order chi connectivity index (χ1) is 18.0. The summed E-state index contributed by atoms with van der Waals surface area (Å²) in [6.07, 6.45) is 1.64. The minimum Gasteiger partial charge on any atom is -0.493 e. The fourth-order valence-electron chi connectivity index (χ4n) is 4.09. The van der Waals surface area contributed by atoms with Gasteiger partial charge in [0.15, 0.2) is 16.7 Å². The number of nitrogens with zero attached hydrogens (tertiary/aromatic N) is 2. The highest BCUT2D eigenvalue weighted by Gasteiger charge is 2.41. The molecule has 3 heterocycles. The van der Waals surface area contributed by atoms with Crippen LogP contribution in [0.5, 0.6) is 11.5 Å². The smallest absolute Gasteiger partial charge is 0.338 e. The molecule has 10 nitrogen and oxygen atoms in total. The quantitative estimate of drug-likeness (QED) is 0.345. The highest BCUT2D eigenvalue weighted by molar-refractivity contribution is 8.16. The summed E-state index contributed by atoms with van der Waals surface area (Å²) in [5, 5.41) is 5.42. The predicted molar refractivity (Wildman–Crippen MR) is 138 cm³/mol. The van der Waals surface area contributed by atoms with Crippen LogP contribution < -0.4 is 14.8 Å². The van der Waals surface area contributed by atoms with Gasteiger partial charge in [-0.15, -0.1) is 0 Å². The van der Waals surface area contributed by atoms with Gasteiger partial charge in [-0.1, -0.05) is 17.8 Å². The summed E-state index contributed by atoms with van der Waals surface area (Å²) in [6, 6.07) is 8.43. The van der Waals surface area contributed by atoms with E-state index in [9.17, 15) is 9.59 Å². The van der Waals surface area contributed by atoms with E-state index in [0.29, 0.717) is 39.4 Å². The molecular weight excluding hydrogens is 498 g/mol. The Kier molecular flexibility index (Phi) is 8.57. The topological polar surface area (TPSA) is 112 Å². The third kappa shape index (κ3) is 5.83. The Morgan fingerprint density at radius 2 is 1.95 bits per heavy atom. The van der Waals surface area contributed by atoms with E-state index in [2.05, 4.69) is 10.3 Å². The molecule has 0 radical (unpaired) electrons. The molecule has 2 aliphatic rings. The first kappa shape index (κ1) is 26.4. The summed E-state index contributed by atoms with van der Waals surface area (Å²) >= 11 is 1.40. The maximum atomic E-state index is 13.3. The highest BCUT2D eigenvalue weighted by Crippen LogP contribution is 2.46. The molecule has 2 aromatic rings. The molecule has 2 aliphatic heterocycles. The zero-order valence-corrected chi connectivity index (χ0v) is 21.9. The van der Waals surface area contributed by atoms with Crippen LogP contribution >= 0.6 is 11.8 Å². The number of aliphatic imine (C=N–C) groups is 1. The SMILES string of the molecule is COCCOC(=O)C1=C(C)N=C2SC=C(CC(=O)NCc3ccco3)N2[C@@H]1c1ccc(OC)c(OC)c1. The summed E-state index contributed by atoms with van der Waals surface area (Å²) in [5.74, 6) is 1.04. The average Bonchev–Trinajstić information content (AvgIpc) is 3.56. The van der Waals surface area contributed by atoms with Gasteiger partial charge in [-0.05, 0) is 42.2 Å². The fraction of sp³-hybridized carbons (Fsp3) is 0.346. The molecule has 0 saturated carbocycles. The van der Waals surface area contributed by atoms with Gasteiger partial charge in [-0.25, -0.2) is 9.79 Å². The van der Waals surface area contributed by atoms with Crippen LogP contribution in [0.3, 0.4) is 0 Å². The van der Waals surface area contributed by atoms with Gasteiger partial charge in [0, 0.05) is 12.8 Å². The second-order valence-electron chi connectivity index (χ2n) is 8.17. The van der Waals surface area contributed by atoms with Gasteiger partial charge < -0.3 is 33.6 Å². The Bertz CT molecular complexity index is 1240. The number of rotatable bonds is 11. The van der Waals surface area contributed by atoms with E-state index in [4.69, 9.17) is 23.4 Å². The number of thioether (sulfide) groups is 1. The number of furan rings is 1. The van der Waals surface area contributed by atoms with Crippen LogP contribution in [0.1, 0.15) is 30.7 Å². The van der Waals surface area contributed by atoms with Gasteiger partial charge in [0.2, 0.25) is 5.91 Å². The summed E-state index contributed by atoms with van der Waals surface area (Å²) < 4.78 is 26.8. The molecule has 1 aromatic heterocycles. The molecule has 0 saturated heterocycles. The van der Waals surface area contributed by atoms with E-state index < -0.39 is 12.0 Å². The second kappa shape index (κ2) is 12.0. The van der Waals surface area contributed by atoms with E-state index in [1.165, 1.54) is 18.9 Å². The molecule has 11 heteroatoms. The van der Waals surface area contributed by atoms with Gasteiger partial charge in [-0.2, -0.15) is 0 Å². The minimum atomic E-state index is -0.596. The maximum Gasteiger partial charge on any atom is 0.338 e. The van der Waals surface area contributed by atoms with E-state index in [0.717, 1.165) is 5.56 Å². The zero-order valence-electron chi connectivity index (χ0n) is 21.1. The van der Waals surface area contributed by atoms with Crippen LogP contribution in [0.2, 0.25) is 0 Å². The standard InChI is InChI=1S/C26H29N3O7S/c1-16-23(25(31)36-11-10-32-2)24(17-7-8-20(33-3)21(12-17)34-4)29-18(15-37-26(29)28-16)13-22(30)27-14-19-6-5-9-35-19/h5-9,12,15,24H,10-11,13-14H2,1-4H3,(H,27,30)/t24-/m1/s1. The third-order valence-electron chi connectivity index (χ3n) is 5.85. The predicted octanol–water partition coefficient (Wildman–Crippen LogP) is 3.77. The van der Waals surface area contributed by atoms with Gasteiger partial charge in [-0.3, -0.25) is 4.79 Å². The van der Waals surface area contributed by atoms with Gasteiger partial charge >= 0.3 is 5.97 Å². The molecule has 0 unspecified atom stereocenters. The first-order valence-electron chi connectivity index (χ1n) is 11.6. The molecule has 0 spiro atoms. The van der Waals surface area contributed by atoms with Crippen molar-refractivity contribution in [1.82, 2.24) is 10.2 Å². The van der Waals surface area contributed by atoms with E-state index in [1.807, 2.05) is 22.4 Å². The molecule has 37 heavy (non-hydrogen) atoms. The number of amidine groups is 1. The Hall–Kier alpha value is -3.70. The number of amides is 1. The number of methoxy groups -OCH3 is 3. The van der Waals surface area contributed by atoms with Crippen LogP contribution in [0.4, 0.5) is 0 Å².